The molecule has 0 fully saturated rings. The number of para-hydroxylation sites is 4. The summed E-state index contributed by atoms with van der Waals surface area (Å²) < 4.78 is 18.7. The van der Waals surface area contributed by atoms with Gasteiger partial charge in [-0.05, 0) is 111 Å². The summed E-state index contributed by atoms with van der Waals surface area (Å²) in [5.41, 5.74) is 15.5. The first-order valence-electron chi connectivity index (χ1n) is 25.1. The van der Waals surface area contributed by atoms with Gasteiger partial charge in [0.1, 0.15) is 23.0 Å². The number of hydrogen-bond donors (Lipinski definition) is 0. The molecule has 12 rings (SSSR count). The largest absolute Gasteiger partial charge is 0.457 e. The molecule has 356 valence electrons. The van der Waals surface area contributed by atoms with Crippen LogP contribution in [0.4, 0.5) is 0 Å². The third-order valence-corrected chi connectivity index (χ3v) is 14.4. The van der Waals surface area contributed by atoms with Crippen LogP contribution in [-0.2, 0) is 10.8 Å². The van der Waals surface area contributed by atoms with Gasteiger partial charge in [-0.15, -0.1) is 0 Å². The highest BCUT2D eigenvalue weighted by atomic mass is 35.5. The molecule has 0 spiro atoms. The van der Waals surface area contributed by atoms with Gasteiger partial charge in [0.15, 0.2) is 0 Å². The SMILES string of the molecule is CC(C)(C)c1ccc(-c2cc(Oc3cccc(Cl)c3)cc(Oc3cccc(-c4ccc(-c5ccccc5)c(-n5c6ccccc6c6ccccc65)c4-n4c5ccccc5c5ccccc54)c3)c2)c(C(C)(C)C)c1. The standard InChI is InChI=1S/C68H55ClN2O2/c1-67(2,3)47-34-35-53(60(41-47)68(4,5)6)46-39-51(43-52(40-46)73-50-25-19-23-48(69)42-50)72-49-24-18-22-45(38-49)55-37-36-54(44-20-8-7-9-21-44)65(70-61-30-14-10-26-56(61)57-27-11-15-31-62(57)70)66(55)71-63-32-16-12-28-58(63)59-29-13-17-33-64(59)71/h7-43H,1-6H3. The van der Waals surface area contributed by atoms with E-state index in [4.69, 9.17) is 21.1 Å². The molecule has 12 aromatic rings. The number of ether oxygens (including phenoxy) is 2. The van der Waals surface area contributed by atoms with Crippen LogP contribution in [0.15, 0.2) is 224 Å². The van der Waals surface area contributed by atoms with E-state index in [1.807, 2.05) is 36.4 Å². The highest BCUT2D eigenvalue weighted by molar-refractivity contribution is 6.30. The fourth-order valence-corrected chi connectivity index (χ4v) is 10.9. The van der Waals surface area contributed by atoms with Crippen molar-refractivity contribution in [3.63, 3.8) is 0 Å². The van der Waals surface area contributed by atoms with Crippen molar-refractivity contribution in [2.45, 2.75) is 52.4 Å². The zero-order valence-corrected chi connectivity index (χ0v) is 42.7. The Morgan fingerprint density at radius 1 is 0.329 bits per heavy atom. The summed E-state index contributed by atoms with van der Waals surface area (Å²) in [6.07, 6.45) is 0. The Bertz CT molecular complexity index is 3970. The molecule has 0 atom stereocenters. The molecule has 0 radical (unpaired) electrons. The first kappa shape index (κ1) is 45.8. The van der Waals surface area contributed by atoms with Crippen LogP contribution in [0.2, 0.25) is 5.02 Å². The molecule has 0 aliphatic rings. The van der Waals surface area contributed by atoms with Gasteiger partial charge in [-0.3, -0.25) is 0 Å². The molecule has 5 heteroatoms. The molecule has 0 saturated carbocycles. The molecule has 0 N–H and O–H groups in total. The van der Waals surface area contributed by atoms with Crippen molar-refractivity contribution in [3.8, 4) is 67.8 Å². The van der Waals surface area contributed by atoms with E-state index in [1.54, 1.807) is 0 Å². The van der Waals surface area contributed by atoms with Gasteiger partial charge in [0.25, 0.3) is 0 Å². The Hall–Kier alpha value is -8.31. The van der Waals surface area contributed by atoms with Crippen LogP contribution in [-0.4, -0.2) is 9.13 Å². The van der Waals surface area contributed by atoms with Gasteiger partial charge in [-0.25, -0.2) is 0 Å². The van der Waals surface area contributed by atoms with Crippen molar-refractivity contribution in [2.75, 3.05) is 0 Å². The van der Waals surface area contributed by atoms with Crippen LogP contribution in [0.3, 0.4) is 0 Å². The molecule has 0 aliphatic heterocycles. The molecule has 0 bridgehead atoms. The average molecular weight is 968 g/mol. The number of nitrogens with zero attached hydrogens (tertiary/aromatic N) is 2. The highest BCUT2D eigenvalue weighted by Gasteiger charge is 2.27. The summed E-state index contributed by atoms with van der Waals surface area (Å²) in [6, 6.07) is 79.6. The molecule has 2 heterocycles. The van der Waals surface area contributed by atoms with Gasteiger partial charge in [0.05, 0.1) is 33.4 Å². The van der Waals surface area contributed by atoms with Crippen molar-refractivity contribution in [3.05, 3.63) is 241 Å². The van der Waals surface area contributed by atoms with Gasteiger partial charge in [0, 0.05) is 43.8 Å². The van der Waals surface area contributed by atoms with Crippen molar-refractivity contribution in [1.82, 2.24) is 9.13 Å². The van der Waals surface area contributed by atoms with Crippen molar-refractivity contribution in [1.29, 1.82) is 0 Å². The van der Waals surface area contributed by atoms with Crippen LogP contribution in [0.25, 0.3) is 88.4 Å². The number of halogens is 1. The lowest BCUT2D eigenvalue weighted by Crippen LogP contribution is -2.17. The van der Waals surface area contributed by atoms with Crippen LogP contribution in [0, 0.1) is 0 Å². The maximum atomic E-state index is 7.07. The summed E-state index contributed by atoms with van der Waals surface area (Å²) in [5, 5.41) is 5.39. The zero-order valence-electron chi connectivity index (χ0n) is 42.0. The lowest BCUT2D eigenvalue weighted by molar-refractivity contribution is 0.461. The minimum absolute atomic E-state index is 0.0111. The lowest BCUT2D eigenvalue weighted by atomic mass is 9.77. The van der Waals surface area contributed by atoms with Crippen LogP contribution in [0.5, 0.6) is 23.0 Å². The van der Waals surface area contributed by atoms with E-state index >= 15 is 0 Å². The van der Waals surface area contributed by atoms with E-state index in [0.717, 1.165) is 66.8 Å². The van der Waals surface area contributed by atoms with Gasteiger partial charge in [0.2, 0.25) is 0 Å². The van der Waals surface area contributed by atoms with Gasteiger partial charge in [-0.2, -0.15) is 0 Å². The molecule has 4 nitrogen and oxygen atoms in total. The predicted molar refractivity (Wildman–Crippen MR) is 307 cm³/mol. The molecular weight excluding hydrogens is 912 g/mol. The highest BCUT2D eigenvalue weighted by Crippen LogP contribution is 2.47. The van der Waals surface area contributed by atoms with Crippen molar-refractivity contribution < 1.29 is 9.47 Å². The topological polar surface area (TPSA) is 28.3 Å². The number of hydrogen-bond acceptors (Lipinski definition) is 2. The average Bonchev–Trinajstić information content (AvgIpc) is 3.90. The second-order valence-corrected chi connectivity index (χ2v) is 21.5. The molecule has 2 aromatic heterocycles. The van der Waals surface area contributed by atoms with E-state index in [2.05, 4.69) is 239 Å². The smallest absolute Gasteiger partial charge is 0.131 e. The Morgan fingerprint density at radius 3 is 1.25 bits per heavy atom. The summed E-state index contributed by atoms with van der Waals surface area (Å²) in [4.78, 5) is 0. The van der Waals surface area contributed by atoms with E-state index in [-0.39, 0.29) is 10.8 Å². The Balaban J connectivity index is 1.10. The molecule has 0 amide bonds. The summed E-state index contributed by atoms with van der Waals surface area (Å²) in [7, 11) is 0. The van der Waals surface area contributed by atoms with Crippen LogP contribution in [0.1, 0.15) is 52.7 Å². The van der Waals surface area contributed by atoms with Crippen molar-refractivity contribution >= 4 is 55.2 Å². The van der Waals surface area contributed by atoms with Gasteiger partial charge >= 0.3 is 0 Å². The lowest BCUT2D eigenvalue weighted by Gasteiger charge is -2.28. The van der Waals surface area contributed by atoms with Crippen LogP contribution < -0.4 is 9.47 Å². The zero-order chi connectivity index (χ0) is 50.0. The minimum Gasteiger partial charge on any atom is -0.457 e. The second-order valence-electron chi connectivity index (χ2n) is 21.1. The number of aromatic nitrogens is 2. The van der Waals surface area contributed by atoms with E-state index in [1.165, 1.54) is 32.7 Å². The Morgan fingerprint density at radius 2 is 0.753 bits per heavy atom. The maximum absolute atomic E-state index is 7.07. The predicted octanol–water partition coefficient (Wildman–Crippen LogP) is 19.7. The first-order valence-corrected chi connectivity index (χ1v) is 25.5. The molecule has 0 saturated heterocycles. The molecule has 0 aliphatic carbocycles. The minimum atomic E-state index is -0.141. The molecule has 73 heavy (non-hydrogen) atoms. The fraction of sp³-hybridized carbons (Fsp3) is 0.118. The molecule has 0 unspecified atom stereocenters. The third kappa shape index (κ3) is 8.42. The number of fused-ring (bicyclic) bond motifs is 6. The number of benzene rings is 10. The maximum Gasteiger partial charge on any atom is 0.131 e. The Labute approximate surface area is 432 Å². The van der Waals surface area contributed by atoms with Crippen LogP contribution >= 0.6 is 11.6 Å². The van der Waals surface area contributed by atoms with Gasteiger partial charge < -0.3 is 18.6 Å². The first-order chi connectivity index (χ1) is 35.4. The quantitative estimate of drug-likeness (QED) is 0.144. The third-order valence-electron chi connectivity index (χ3n) is 14.1. The van der Waals surface area contributed by atoms with E-state index < -0.39 is 0 Å². The summed E-state index contributed by atoms with van der Waals surface area (Å²) >= 11 is 6.49. The monoisotopic (exact) mass is 966 g/mol. The molecular formula is C68H55ClN2O2. The van der Waals surface area contributed by atoms with Crippen molar-refractivity contribution in [2.24, 2.45) is 0 Å². The fourth-order valence-electron chi connectivity index (χ4n) is 10.7. The van der Waals surface area contributed by atoms with Gasteiger partial charge in [-0.1, -0.05) is 205 Å². The summed E-state index contributed by atoms with van der Waals surface area (Å²) in [6.45, 7) is 13.6. The number of rotatable bonds is 9. The normalized spacial score (nSPS) is 12.0. The Kier molecular flexibility index (Phi) is 11.3. The summed E-state index contributed by atoms with van der Waals surface area (Å²) in [5.74, 6) is 2.64. The second kappa shape index (κ2) is 18.1. The van der Waals surface area contributed by atoms with E-state index in [0.29, 0.717) is 28.0 Å². The molecule has 10 aromatic carbocycles. The van der Waals surface area contributed by atoms with E-state index in [9.17, 15) is 0 Å².